The molecule has 0 fully saturated rings. The molecule has 0 spiro atoms. The van der Waals surface area contributed by atoms with Gasteiger partial charge in [-0.25, -0.2) is 0 Å². The van der Waals surface area contributed by atoms with Gasteiger partial charge in [-0.15, -0.1) is 0 Å². The smallest absolute Gasteiger partial charge is 0.270 e. The Bertz CT molecular complexity index is 656. The molecule has 2 aromatic carbocycles. The third-order valence-electron chi connectivity index (χ3n) is 2.41. The molecule has 0 aliphatic carbocycles. The van der Waals surface area contributed by atoms with Gasteiger partial charge in [-0.1, -0.05) is 23.7 Å². The van der Waals surface area contributed by atoms with E-state index in [0.717, 1.165) is 0 Å². The first-order valence-corrected chi connectivity index (χ1v) is 5.72. The van der Waals surface area contributed by atoms with Crippen molar-refractivity contribution in [2.75, 3.05) is 0 Å². The molecular formula is C13H9ClN2O3. The maximum absolute atomic E-state index is 10.7. The number of nitro benzene ring substituents is 1. The highest BCUT2D eigenvalue weighted by atomic mass is 35.5. The molecule has 0 atom stereocenters. The SMILES string of the molecule is O=[N+]([O-])c1ccc(Cl)c(/C=N/c2ccccc2O)c1. The second-order valence-corrected chi connectivity index (χ2v) is 4.12. The lowest BCUT2D eigenvalue weighted by Crippen LogP contribution is -1.90. The predicted molar refractivity (Wildman–Crippen MR) is 73.5 cm³/mol. The molecule has 2 aromatic rings. The molecule has 0 heterocycles. The Labute approximate surface area is 113 Å². The molecule has 2 rings (SSSR count). The first-order valence-electron chi connectivity index (χ1n) is 5.34. The van der Waals surface area contributed by atoms with Gasteiger partial charge in [0.2, 0.25) is 0 Å². The number of rotatable bonds is 3. The number of nitro groups is 1. The minimum absolute atomic E-state index is 0.0281. The zero-order chi connectivity index (χ0) is 13.8. The monoisotopic (exact) mass is 276 g/mol. The second-order valence-electron chi connectivity index (χ2n) is 3.71. The van der Waals surface area contributed by atoms with Crippen LogP contribution in [0, 0.1) is 10.1 Å². The predicted octanol–water partition coefficient (Wildman–Crippen LogP) is 3.70. The van der Waals surface area contributed by atoms with Gasteiger partial charge in [0.05, 0.1) is 4.92 Å². The van der Waals surface area contributed by atoms with E-state index in [1.165, 1.54) is 30.5 Å². The quantitative estimate of drug-likeness (QED) is 0.527. The van der Waals surface area contributed by atoms with Gasteiger partial charge in [0.15, 0.2) is 0 Å². The summed E-state index contributed by atoms with van der Waals surface area (Å²) < 4.78 is 0. The lowest BCUT2D eigenvalue weighted by molar-refractivity contribution is -0.384. The third kappa shape index (κ3) is 3.08. The number of phenols is 1. The van der Waals surface area contributed by atoms with E-state index in [1.807, 2.05) is 0 Å². The van der Waals surface area contributed by atoms with Gasteiger partial charge < -0.3 is 5.11 Å². The topological polar surface area (TPSA) is 75.7 Å². The van der Waals surface area contributed by atoms with E-state index in [9.17, 15) is 15.2 Å². The van der Waals surface area contributed by atoms with Crippen molar-refractivity contribution in [2.24, 2.45) is 4.99 Å². The van der Waals surface area contributed by atoms with E-state index >= 15 is 0 Å². The number of phenolic OH excluding ortho intramolecular Hbond substituents is 1. The van der Waals surface area contributed by atoms with Crippen molar-refractivity contribution in [3.63, 3.8) is 0 Å². The summed E-state index contributed by atoms with van der Waals surface area (Å²) in [7, 11) is 0. The molecule has 5 nitrogen and oxygen atoms in total. The van der Waals surface area contributed by atoms with Crippen molar-refractivity contribution in [3.05, 3.63) is 63.2 Å². The Hall–Kier alpha value is -2.40. The van der Waals surface area contributed by atoms with Gasteiger partial charge in [0.1, 0.15) is 11.4 Å². The Morgan fingerprint density at radius 2 is 2.00 bits per heavy atom. The van der Waals surface area contributed by atoms with Crippen molar-refractivity contribution < 1.29 is 10.0 Å². The molecule has 0 aliphatic heterocycles. The zero-order valence-electron chi connectivity index (χ0n) is 9.65. The fraction of sp³-hybridized carbons (Fsp3) is 0. The van der Waals surface area contributed by atoms with E-state index < -0.39 is 4.92 Å². The minimum Gasteiger partial charge on any atom is -0.506 e. The normalized spacial score (nSPS) is 10.8. The second kappa shape index (κ2) is 5.49. The van der Waals surface area contributed by atoms with Crippen LogP contribution < -0.4 is 0 Å². The molecule has 6 heteroatoms. The van der Waals surface area contributed by atoms with Crippen molar-refractivity contribution in [2.45, 2.75) is 0 Å². The molecule has 0 saturated carbocycles. The maximum atomic E-state index is 10.7. The molecule has 0 bridgehead atoms. The standard InChI is InChI=1S/C13H9ClN2O3/c14-11-6-5-10(16(18)19)7-9(11)8-15-12-3-1-2-4-13(12)17/h1-8,17H/b15-8+. The maximum Gasteiger partial charge on any atom is 0.270 e. The molecule has 96 valence electrons. The highest BCUT2D eigenvalue weighted by Crippen LogP contribution is 2.26. The highest BCUT2D eigenvalue weighted by molar-refractivity contribution is 6.33. The van der Waals surface area contributed by atoms with Gasteiger partial charge in [-0.05, 0) is 18.2 Å². The third-order valence-corrected chi connectivity index (χ3v) is 2.76. The summed E-state index contributed by atoms with van der Waals surface area (Å²) in [4.78, 5) is 14.2. The van der Waals surface area contributed by atoms with E-state index in [1.54, 1.807) is 18.2 Å². The number of aromatic hydroxyl groups is 1. The van der Waals surface area contributed by atoms with Crippen molar-refractivity contribution in [3.8, 4) is 5.75 Å². The van der Waals surface area contributed by atoms with Crippen molar-refractivity contribution in [1.29, 1.82) is 0 Å². The fourth-order valence-corrected chi connectivity index (χ4v) is 1.62. The molecule has 0 unspecified atom stereocenters. The fourth-order valence-electron chi connectivity index (χ4n) is 1.46. The summed E-state index contributed by atoms with van der Waals surface area (Å²) in [6, 6.07) is 10.6. The highest BCUT2D eigenvalue weighted by Gasteiger charge is 2.08. The number of nitrogens with zero attached hydrogens (tertiary/aromatic N) is 2. The van der Waals surface area contributed by atoms with Crippen LogP contribution >= 0.6 is 11.6 Å². The first-order chi connectivity index (χ1) is 9.08. The Balaban J connectivity index is 2.35. The largest absolute Gasteiger partial charge is 0.506 e. The first kappa shape index (κ1) is 13.0. The Kier molecular flexibility index (Phi) is 3.77. The zero-order valence-corrected chi connectivity index (χ0v) is 10.4. The van der Waals surface area contributed by atoms with Gasteiger partial charge in [-0.2, -0.15) is 0 Å². The lowest BCUT2D eigenvalue weighted by Gasteiger charge is -1.99. The summed E-state index contributed by atoms with van der Waals surface area (Å²) in [6.45, 7) is 0. The molecule has 0 radical (unpaired) electrons. The number of benzene rings is 2. The molecule has 0 aliphatic rings. The summed E-state index contributed by atoms with van der Waals surface area (Å²) in [6.07, 6.45) is 1.38. The number of non-ortho nitro benzene ring substituents is 1. The average molecular weight is 277 g/mol. The number of para-hydroxylation sites is 2. The summed E-state index contributed by atoms with van der Waals surface area (Å²) in [5, 5.41) is 20.6. The van der Waals surface area contributed by atoms with Gasteiger partial charge >= 0.3 is 0 Å². The van der Waals surface area contributed by atoms with Gasteiger partial charge in [0, 0.05) is 28.9 Å². The number of hydrogen-bond donors (Lipinski definition) is 1. The summed E-state index contributed by atoms with van der Waals surface area (Å²) in [5.74, 6) is 0.0281. The van der Waals surface area contributed by atoms with Crippen LogP contribution in [0.3, 0.4) is 0 Å². The average Bonchev–Trinajstić information content (AvgIpc) is 2.39. The Morgan fingerprint density at radius 1 is 1.26 bits per heavy atom. The Morgan fingerprint density at radius 3 is 2.68 bits per heavy atom. The summed E-state index contributed by atoms with van der Waals surface area (Å²) in [5.41, 5.74) is 0.715. The molecule has 0 amide bonds. The van der Waals surface area contributed by atoms with E-state index in [0.29, 0.717) is 16.3 Å². The van der Waals surface area contributed by atoms with E-state index in [4.69, 9.17) is 11.6 Å². The van der Waals surface area contributed by atoms with Crippen LogP contribution in [0.2, 0.25) is 5.02 Å². The van der Waals surface area contributed by atoms with Crippen LogP contribution in [0.1, 0.15) is 5.56 Å². The number of aliphatic imine (C=N–C) groups is 1. The van der Waals surface area contributed by atoms with Crippen LogP contribution in [-0.4, -0.2) is 16.2 Å². The van der Waals surface area contributed by atoms with E-state index in [2.05, 4.69) is 4.99 Å². The van der Waals surface area contributed by atoms with Crippen molar-refractivity contribution >= 4 is 29.2 Å². The van der Waals surface area contributed by atoms with Gasteiger partial charge in [0.25, 0.3) is 5.69 Å². The molecule has 0 saturated heterocycles. The lowest BCUT2D eigenvalue weighted by atomic mass is 10.2. The van der Waals surface area contributed by atoms with Gasteiger partial charge in [-0.3, -0.25) is 15.1 Å². The molecular weight excluding hydrogens is 268 g/mol. The van der Waals surface area contributed by atoms with Crippen LogP contribution in [0.15, 0.2) is 47.5 Å². The summed E-state index contributed by atoms with van der Waals surface area (Å²) >= 11 is 5.93. The van der Waals surface area contributed by atoms with Crippen LogP contribution in [0.25, 0.3) is 0 Å². The molecule has 19 heavy (non-hydrogen) atoms. The van der Waals surface area contributed by atoms with Crippen LogP contribution in [0.4, 0.5) is 11.4 Å². The van der Waals surface area contributed by atoms with E-state index in [-0.39, 0.29) is 11.4 Å². The van der Waals surface area contributed by atoms with Crippen LogP contribution in [-0.2, 0) is 0 Å². The number of hydrogen-bond acceptors (Lipinski definition) is 4. The molecule has 0 aromatic heterocycles. The number of halogens is 1. The van der Waals surface area contributed by atoms with Crippen molar-refractivity contribution in [1.82, 2.24) is 0 Å². The molecule has 1 N–H and O–H groups in total. The minimum atomic E-state index is -0.506. The van der Waals surface area contributed by atoms with Crippen LogP contribution in [0.5, 0.6) is 5.75 Å².